The second kappa shape index (κ2) is 6.84. The maximum Gasteiger partial charge on any atom is 0.194 e. The van der Waals surface area contributed by atoms with Crippen LogP contribution in [0.2, 0.25) is 0 Å². The molecule has 0 spiro atoms. The summed E-state index contributed by atoms with van der Waals surface area (Å²) in [6.45, 7) is 11.5. The lowest BCUT2D eigenvalue weighted by Crippen LogP contribution is -2.51. The van der Waals surface area contributed by atoms with E-state index in [0.29, 0.717) is 10.9 Å². The van der Waals surface area contributed by atoms with E-state index in [0.717, 1.165) is 45.2 Å². The van der Waals surface area contributed by atoms with E-state index in [2.05, 4.69) is 42.7 Å². The highest BCUT2D eigenvalue weighted by Crippen LogP contribution is 2.29. The van der Waals surface area contributed by atoms with Gasteiger partial charge in [-0.05, 0) is 33.6 Å². The molecule has 0 aromatic heterocycles. The van der Waals surface area contributed by atoms with E-state index in [4.69, 9.17) is 9.73 Å². The second-order valence-electron chi connectivity index (χ2n) is 5.86. The van der Waals surface area contributed by atoms with Crippen molar-refractivity contribution in [1.82, 2.24) is 10.2 Å². The Hall–Kier alpha value is -0.420. The van der Waals surface area contributed by atoms with Crippen LogP contribution in [-0.2, 0) is 4.74 Å². The van der Waals surface area contributed by atoms with Gasteiger partial charge >= 0.3 is 0 Å². The lowest BCUT2D eigenvalue weighted by molar-refractivity contribution is 0.117. The zero-order chi connectivity index (χ0) is 13.7. The van der Waals surface area contributed by atoms with Crippen molar-refractivity contribution >= 4 is 17.7 Å². The minimum absolute atomic E-state index is 0.318. The highest BCUT2D eigenvalue weighted by molar-refractivity contribution is 8.00. The molecule has 19 heavy (non-hydrogen) atoms. The molecule has 1 atom stereocenters. The molecule has 2 fully saturated rings. The Kier molecular flexibility index (Phi) is 5.39. The van der Waals surface area contributed by atoms with Crippen molar-refractivity contribution in [2.45, 2.75) is 44.5 Å². The maximum atomic E-state index is 5.65. The van der Waals surface area contributed by atoms with Gasteiger partial charge in [-0.15, -0.1) is 0 Å². The van der Waals surface area contributed by atoms with Gasteiger partial charge < -0.3 is 15.0 Å². The SMILES string of the molecule is CCNC(=NCC1CCCO1)N1CCSC(C)(C)C1. The number of hydrogen-bond donors (Lipinski definition) is 1. The third-order valence-corrected chi connectivity index (χ3v) is 4.83. The van der Waals surface area contributed by atoms with Crippen LogP contribution in [0.1, 0.15) is 33.6 Å². The molecule has 0 aromatic carbocycles. The zero-order valence-electron chi connectivity index (χ0n) is 12.4. The molecule has 1 unspecified atom stereocenters. The molecule has 2 rings (SSSR count). The fourth-order valence-electron chi connectivity index (χ4n) is 2.60. The summed E-state index contributed by atoms with van der Waals surface area (Å²) in [4.78, 5) is 7.18. The van der Waals surface area contributed by atoms with Crippen LogP contribution >= 0.6 is 11.8 Å². The van der Waals surface area contributed by atoms with Crippen LogP contribution in [0, 0.1) is 0 Å². The van der Waals surface area contributed by atoms with Crippen LogP contribution in [0.15, 0.2) is 4.99 Å². The quantitative estimate of drug-likeness (QED) is 0.635. The van der Waals surface area contributed by atoms with Gasteiger partial charge in [-0.2, -0.15) is 11.8 Å². The van der Waals surface area contributed by atoms with Crippen molar-refractivity contribution in [3.63, 3.8) is 0 Å². The topological polar surface area (TPSA) is 36.9 Å². The molecular weight excluding hydrogens is 258 g/mol. The number of thioether (sulfide) groups is 1. The van der Waals surface area contributed by atoms with Crippen molar-refractivity contribution in [3.8, 4) is 0 Å². The van der Waals surface area contributed by atoms with Crippen molar-refractivity contribution in [2.24, 2.45) is 4.99 Å². The van der Waals surface area contributed by atoms with E-state index < -0.39 is 0 Å². The lowest BCUT2D eigenvalue weighted by atomic mass is 10.2. The number of guanidine groups is 1. The molecule has 110 valence electrons. The van der Waals surface area contributed by atoms with E-state index in [1.54, 1.807) is 0 Å². The highest BCUT2D eigenvalue weighted by atomic mass is 32.2. The van der Waals surface area contributed by atoms with Gasteiger partial charge in [0.15, 0.2) is 5.96 Å². The van der Waals surface area contributed by atoms with E-state index in [-0.39, 0.29) is 0 Å². The largest absolute Gasteiger partial charge is 0.376 e. The van der Waals surface area contributed by atoms with Gasteiger partial charge in [0, 0.05) is 36.7 Å². The van der Waals surface area contributed by atoms with Gasteiger partial charge in [0.1, 0.15) is 0 Å². The van der Waals surface area contributed by atoms with Crippen LogP contribution in [0.3, 0.4) is 0 Å². The number of nitrogens with zero attached hydrogens (tertiary/aromatic N) is 2. The Morgan fingerprint density at radius 3 is 3.00 bits per heavy atom. The van der Waals surface area contributed by atoms with Gasteiger partial charge in [-0.1, -0.05) is 0 Å². The predicted octanol–water partition coefficient (Wildman–Crippen LogP) is 1.96. The van der Waals surface area contributed by atoms with E-state index in [1.165, 1.54) is 12.2 Å². The van der Waals surface area contributed by atoms with Crippen molar-refractivity contribution in [2.75, 3.05) is 38.5 Å². The summed E-state index contributed by atoms with van der Waals surface area (Å²) in [6, 6.07) is 0. The Balaban J connectivity index is 1.95. The summed E-state index contributed by atoms with van der Waals surface area (Å²) < 4.78 is 5.97. The minimum Gasteiger partial charge on any atom is -0.376 e. The minimum atomic E-state index is 0.318. The average molecular weight is 285 g/mol. The van der Waals surface area contributed by atoms with Gasteiger partial charge in [0.25, 0.3) is 0 Å². The number of nitrogens with one attached hydrogen (secondary N) is 1. The van der Waals surface area contributed by atoms with Crippen LogP contribution in [0.4, 0.5) is 0 Å². The smallest absolute Gasteiger partial charge is 0.194 e. The van der Waals surface area contributed by atoms with Gasteiger partial charge in [0.05, 0.1) is 12.6 Å². The first-order chi connectivity index (χ1) is 9.11. The van der Waals surface area contributed by atoms with Crippen molar-refractivity contribution in [3.05, 3.63) is 0 Å². The molecule has 0 aromatic rings. The fourth-order valence-corrected chi connectivity index (χ4v) is 3.71. The molecular formula is C14H27N3OS. The predicted molar refractivity (Wildman–Crippen MR) is 83.1 cm³/mol. The zero-order valence-corrected chi connectivity index (χ0v) is 13.3. The van der Waals surface area contributed by atoms with Crippen LogP contribution in [0.25, 0.3) is 0 Å². The Morgan fingerprint density at radius 2 is 2.37 bits per heavy atom. The molecule has 2 aliphatic heterocycles. The van der Waals surface area contributed by atoms with Gasteiger partial charge in [-0.3, -0.25) is 4.99 Å². The monoisotopic (exact) mass is 285 g/mol. The van der Waals surface area contributed by atoms with E-state index >= 15 is 0 Å². The lowest BCUT2D eigenvalue weighted by Gasteiger charge is -2.39. The van der Waals surface area contributed by atoms with E-state index in [9.17, 15) is 0 Å². The molecule has 2 heterocycles. The molecule has 2 aliphatic rings. The summed E-state index contributed by atoms with van der Waals surface area (Å²) in [6.07, 6.45) is 2.68. The Morgan fingerprint density at radius 1 is 1.53 bits per heavy atom. The summed E-state index contributed by atoms with van der Waals surface area (Å²) >= 11 is 2.05. The van der Waals surface area contributed by atoms with Gasteiger partial charge in [0.2, 0.25) is 0 Å². The average Bonchev–Trinajstić information content (AvgIpc) is 2.86. The van der Waals surface area contributed by atoms with Crippen molar-refractivity contribution < 1.29 is 4.74 Å². The third-order valence-electron chi connectivity index (χ3n) is 3.53. The standard InChI is InChI=1S/C14H27N3OS/c1-4-15-13(16-10-12-6-5-8-18-12)17-7-9-19-14(2,3)11-17/h12H,4-11H2,1-3H3,(H,15,16). The molecule has 0 radical (unpaired) electrons. The molecule has 0 bridgehead atoms. The summed E-state index contributed by atoms with van der Waals surface area (Å²) in [5, 5.41) is 3.43. The van der Waals surface area contributed by atoms with Gasteiger partial charge in [-0.25, -0.2) is 0 Å². The molecule has 4 nitrogen and oxygen atoms in total. The highest BCUT2D eigenvalue weighted by Gasteiger charge is 2.28. The summed E-state index contributed by atoms with van der Waals surface area (Å²) in [5.41, 5.74) is 0. The molecule has 1 N–H and O–H groups in total. The van der Waals surface area contributed by atoms with Crippen LogP contribution in [-0.4, -0.2) is 60.2 Å². The fraction of sp³-hybridized carbons (Fsp3) is 0.929. The Bertz CT molecular complexity index is 314. The van der Waals surface area contributed by atoms with Crippen LogP contribution in [0.5, 0.6) is 0 Å². The molecule has 0 saturated carbocycles. The molecule has 2 saturated heterocycles. The number of ether oxygens (including phenoxy) is 1. The van der Waals surface area contributed by atoms with Crippen LogP contribution < -0.4 is 5.32 Å². The molecule has 5 heteroatoms. The van der Waals surface area contributed by atoms with Crippen molar-refractivity contribution in [1.29, 1.82) is 0 Å². The summed E-state index contributed by atoms with van der Waals surface area (Å²) in [5.74, 6) is 2.24. The third kappa shape index (κ3) is 4.56. The number of aliphatic imine (C=N–C) groups is 1. The first kappa shape index (κ1) is 15.0. The molecule has 0 amide bonds. The normalized spacial score (nSPS) is 27.6. The maximum absolute atomic E-state index is 5.65. The number of hydrogen-bond acceptors (Lipinski definition) is 3. The Labute approximate surface area is 121 Å². The first-order valence-corrected chi connectivity index (χ1v) is 8.38. The molecule has 0 aliphatic carbocycles. The second-order valence-corrected chi connectivity index (χ2v) is 7.66. The first-order valence-electron chi connectivity index (χ1n) is 7.39. The summed E-state index contributed by atoms with van der Waals surface area (Å²) in [7, 11) is 0. The number of rotatable bonds is 3. The van der Waals surface area contributed by atoms with E-state index in [1.807, 2.05) is 0 Å².